The van der Waals surface area contributed by atoms with Crippen LogP contribution in [-0.2, 0) is 11.3 Å². The van der Waals surface area contributed by atoms with Gasteiger partial charge in [0.05, 0.1) is 6.04 Å². The van der Waals surface area contributed by atoms with Crippen LogP contribution in [-0.4, -0.2) is 52.9 Å². The standard InChI is InChI=1S/C16H26N4O/c1-16(2,3)14(17)15(21)20-9-7-19(8-10-20)12-13-5-4-6-18-11-13/h4-6,11,14H,7-10,12,17H2,1-3H3/t14-/m0/s1. The van der Waals surface area contributed by atoms with Crippen LogP contribution in [0.1, 0.15) is 26.3 Å². The molecule has 1 aromatic heterocycles. The van der Waals surface area contributed by atoms with Crippen molar-refractivity contribution >= 4 is 5.91 Å². The van der Waals surface area contributed by atoms with Crippen molar-refractivity contribution in [2.24, 2.45) is 11.1 Å². The Labute approximate surface area is 127 Å². The van der Waals surface area contributed by atoms with Crippen LogP contribution in [0.25, 0.3) is 0 Å². The van der Waals surface area contributed by atoms with E-state index in [0.717, 1.165) is 32.7 Å². The van der Waals surface area contributed by atoms with E-state index in [1.807, 2.05) is 37.9 Å². The molecule has 21 heavy (non-hydrogen) atoms. The molecule has 2 heterocycles. The van der Waals surface area contributed by atoms with Crippen LogP contribution in [0.5, 0.6) is 0 Å². The minimum atomic E-state index is -0.428. The Balaban J connectivity index is 1.84. The molecule has 0 unspecified atom stereocenters. The first-order chi connectivity index (χ1) is 9.88. The van der Waals surface area contributed by atoms with Crippen molar-refractivity contribution in [2.75, 3.05) is 26.2 Å². The van der Waals surface area contributed by atoms with Gasteiger partial charge in [0.1, 0.15) is 0 Å². The summed E-state index contributed by atoms with van der Waals surface area (Å²) in [6, 6.07) is 3.61. The molecule has 0 radical (unpaired) electrons. The number of carbonyl (C=O) groups is 1. The molecule has 116 valence electrons. The van der Waals surface area contributed by atoms with Crippen LogP contribution in [0.4, 0.5) is 0 Å². The van der Waals surface area contributed by atoms with E-state index < -0.39 is 6.04 Å². The van der Waals surface area contributed by atoms with Crippen molar-refractivity contribution in [1.29, 1.82) is 0 Å². The summed E-state index contributed by atoms with van der Waals surface area (Å²) in [6.45, 7) is 10.2. The third kappa shape index (κ3) is 4.25. The first-order valence-corrected chi connectivity index (χ1v) is 7.53. The lowest BCUT2D eigenvalue weighted by Gasteiger charge is -2.38. The number of hydrogen-bond donors (Lipinski definition) is 1. The van der Waals surface area contributed by atoms with Crippen LogP contribution in [0, 0.1) is 5.41 Å². The number of rotatable bonds is 3. The molecule has 1 amide bonds. The summed E-state index contributed by atoms with van der Waals surface area (Å²) in [4.78, 5) is 20.8. The van der Waals surface area contributed by atoms with Gasteiger partial charge in [0.25, 0.3) is 0 Å². The van der Waals surface area contributed by atoms with Crippen LogP contribution in [0.2, 0.25) is 0 Å². The predicted molar refractivity (Wildman–Crippen MR) is 83.5 cm³/mol. The van der Waals surface area contributed by atoms with Crippen molar-refractivity contribution in [3.05, 3.63) is 30.1 Å². The molecule has 0 aromatic carbocycles. The van der Waals surface area contributed by atoms with Crippen molar-refractivity contribution in [3.8, 4) is 0 Å². The van der Waals surface area contributed by atoms with E-state index in [-0.39, 0.29) is 11.3 Å². The van der Waals surface area contributed by atoms with E-state index in [9.17, 15) is 4.79 Å². The fourth-order valence-electron chi connectivity index (χ4n) is 2.44. The molecular weight excluding hydrogens is 264 g/mol. The summed E-state index contributed by atoms with van der Waals surface area (Å²) in [5, 5.41) is 0. The largest absolute Gasteiger partial charge is 0.339 e. The van der Waals surface area contributed by atoms with Crippen molar-refractivity contribution in [1.82, 2.24) is 14.8 Å². The molecule has 1 fully saturated rings. The number of aromatic nitrogens is 1. The lowest BCUT2D eigenvalue weighted by molar-refractivity contribution is -0.136. The maximum absolute atomic E-state index is 12.4. The van der Waals surface area contributed by atoms with Crippen LogP contribution in [0.3, 0.4) is 0 Å². The number of nitrogens with zero attached hydrogens (tertiary/aromatic N) is 3. The molecule has 1 aliphatic rings. The Morgan fingerprint density at radius 3 is 2.52 bits per heavy atom. The second-order valence-electron chi connectivity index (χ2n) is 6.81. The van der Waals surface area contributed by atoms with Gasteiger partial charge in [0, 0.05) is 45.1 Å². The van der Waals surface area contributed by atoms with E-state index in [2.05, 4.69) is 16.0 Å². The van der Waals surface area contributed by atoms with Crippen LogP contribution >= 0.6 is 0 Å². The number of carbonyl (C=O) groups excluding carboxylic acids is 1. The van der Waals surface area contributed by atoms with E-state index in [0.29, 0.717) is 0 Å². The second kappa shape index (κ2) is 6.54. The van der Waals surface area contributed by atoms with Gasteiger partial charge in [0.15, 0.2) is 0 Å². The highest BCUT2D eigenvalue weighted by Crippen LogP contribution is 2.20. The Bertz CT molecular complexity index is 461. The lowest BCUT2D eigenvalue weighted by atomic mass is 9.86. The number of piperazine rings is 1. The average molecular weight is 290 g/mol. The second-order valence-corrected chi connectivity index (χ2v) is 6.81. The molecule has 1 aliphatic heterocycles. The predicted octanol–water partition coefficient (Wildman–Crippen LogP) is 1.10. The number of hydrogen-bond acceptors (Lipinski definition) is 4. The molecule has 0 spiro atoms. The topological polar surface area (TPSA) is 62.5 Å². The van der Waals surface area contributed by atoms with E-state index in [1.165, 1.54) is 5.56 Å². The molecule has 1 saturated heterocycles. The number of nitrogens with two attached hydrogens (primary N) is 1. The molecule has 5 heteroatoms. The summed E-state index contributed by atoms with van der Waals surface area (Å²) in [6.07, 6.45) is 3.68. The molecule has 0 saturated carbocycles. The quantitative estimate of drug-likeness (QED) is 0.905. The van der Waals surface area contributed by atoms with Crippen molar-refractivity contribution in [3.63, 3.8) is 0 Å². The minimum Gasteiger partial charge on any atom is -0.339 e. The van der Waals surface area contributed by atoms with Gasteiger partial charge < -0.3 is 10.6 Å². The lowest BCUT2D eigenvalue weighted by Crippen LogP contribution is -2.56. The molecule has 5 nitrogen and oxygen atoms in total. The zero-order valence-corrected chi connectivity index (χ0v) is 13.2. The molecule has 1 aromatic rings. The van der Waals surface area contributed by atoms with Gasteiger partial charge >= 0.3 is 0 Å². The Kier molecular flexibility index (Phi) is 4.96. The smallest absolute Gasteiger partial charge is 0.240 e. The summed E-state index contributed by atoms with van der Waals surface area (Å²) in [5.74, 6) is 0.0727. The van der Waals surface area contributed by atoms with Crippen molar-refractivity contribution in [2.45, 2.75) is 33.4 Å². The summed E-state index contributed by atoms with van der Waals surface area (Å²) >= 11 is 0. The van der Waals surface area contributed by atoms with Gasteiger partial charge in [-0.1, -0.05) is 26.8 Å². The average Bonchev–Trinajstić information content (AvgIpc) is 2.46. The Hall–Kier alpha value is -1.46. The minimum absolute atomic E-state index is 0.0727. The zero-order chi connectivity index (χ0) is 15.5. The van der Waals surface area contributed by atoms with Gasteiger partial charge in [-0.3, -0.25) is 14.7 Å². The number of pyridine rings is 1. The van der Waals surface area contributed by atoms with Gasteiger partial charge in [-0.05, 0) is 17.0 Å². The SMILES string of the molecule is CC(C)(C)[C@@H](N)C(=O)N1CCN(Cc2cccnc2)CC1. The zero-order valence-electron chi connectivity index (χ0n) is 13.2. The molecule has 2 N–H and O–H groups in total. The molecule has 0 bridgehead atoms. The van der Waals surface area contributed by atoms with Gasteiger partial charge in [-0.15, -0.1) is 0 Å². The van der Waals surface area contributed by atoms with Crippen LogP contribution < -0.4 is 5.73 Å². The molecule has 1 atom stereocenters. The summed E-state index contributed by atoms with van der Waals surface area (Å²) in [7, 11) is 0. The molecule has 2 rings (SSSR count). The highest BCUT2D eigenvalue weighted by Gasteiger charge is 2.32. The molecular formula is C16H26N4O. The monoisotopic (exact) mass is 290 g/mol. The Morgan fingerprint density at radius 1 is 1.33 bits per heavy atom. The van der Waals surface area contributed by atoms with Crippen molar-refractivity contribution < 1.29 is 4.79 Å². The fourth-order valence-corrected chi connectivity index (χ4v) is 2.44. The van der Waals surface area contributed by atoms with E-state index in [1.54, 1.807) is 6.20 Å². The first-order valence-electron chi connectivity index (χ1n) is 7.53. The van der Waals surface area contributed by atoms with Gasteiger partial charge in [0.2, 0.25) is 5.91 Å². The summed E-state index contributed by atoms with van der Waals surface area (Å²) < 4.78 is 0. The third-order valence-electron chi connectivity index (χ3n) is 4.01. The van der Waals surface area contributed by atoms with E-state index >= 15 is 0 Å². The Morgan fingerprint density at radius 2 is 2.00 bits per heavy atom. The van der Waals surface area contributed by atoms with Gasteiger partial charge in [-0.25, -0.2) is 0 Å². The highest BCUT2D eigenvalue weighted by molar-refractivity contribution is 5.82. The first kappa shape index (κ1) is 15.9. The van der Waals surface area contributed by atoms with Gasteiger partial charge in [-0.2, -0.15) is 0 Å². The highest BCUT2D eigenvalue weighted by atomic mass is 16.2. The maximum atomic E-state index is 12.4. The maximum Gasteiger partial charge on any atom is 0.240 e. The van der Waals surface area contributed by atoms with Crippen LogP contribution in [0.15, 0.2) is 24.5 Å². The number of amides is 1. The normalized spacial score (nSPS) is 18.6. The third-order valence-corrected chi connectivity index (χ3v) is 4.01. The summed E-state index contributed by atoms with van der Waals surface area (Å²) in [5.41, 5.74) is 7.09. The molecule has 0 aliphatic carbocycles. The fraction of sp³-hybridized carbons (Fsp3) is 0.625. The van der Waals surface area contributed by atoms with E-state index in [4.69, 9.17) is 5.73 Å².